The van der Waals surface area contributed by atoms with Gasteiger partial charge in [0.2, 0.25) is 0 Å². The fourth-order valence-corrected chi connectivity index (χ4v) is 1.96. The average Bonchev–Trinajstić information content (AvgIpc) is 2.46. The van der Waals surface area contributed by atoms with Crippen LogP contribution in [0.3, 0.4) is 0 Å². The maximum Gasteiger partial charge on any atom is 0.130 e. The van der Waals surface area contributed by atoms with Gasteiger partial charge in [0.15, 0.2) is 0 Å². The molecule has 4 heteroatoms. The Hall–Kier alpha value is -2.07. The Balaban J connectivity index is 2.21. The molecule has 0 spiro atoms. The van der Waals surface area contributed by atoms with Crippen molar-refractivity contribution in [1.82, 2.24) is 4.98 Å². The Bertz CT molecular complexity index is 582. The predicted octanol–water partition coefficient (Wildman–Crippen LogP) is 3.00. The Morgan fingerprint density at radius 3 is 2.75 bits per heavy atom. The molecule has 1 aromatic carbocycles. The van der Waals surface area contributed by atoms with Crippen LogP contribution in [-0.4, -0.2) is 12.1 Å². The van der Waals surface area contributed by atoms with E-state index in [4.69, 9.17) is 15.2 Å². The molecule has 1 aromatic heterocycles. The molecular weight excluding hydrogens is 252 g/mol. The van der Waals surface area contributed by atoms with E-state index in [1.165, 1.54) is 0 Å². The molecule has 0 fully saturated rings. The molecule has 1 heterocycles. The fourth-order valence-electron chi connectivity index (χ4n) is 1.96. The molecule has 0 aliphatic heterocycles. The first-order valence-electron chi connectivity index (χ1n) is 6.58. The molecule has 2 rings (SSSR count). The van der Waals surface area contributed by atoms with Gasteiger partial charge in [-0.2, -0.15) is 0 Å². The number of hydrogen-bond acceptors (Lipinski definition) is 4. The monoisotopic (exact) mass is 272 g/mol. The third-order valence-corrected chi connectivity index (χ3v) is 3.19. The van der Waals surface area contributed by atoms with Crippen molar-refractivity contribution >= 4 is 0 Å². The van der Waals surface area contributed by atoms with Crippen molar-refractivity contribution in [3.05, 3.63) is 53.3 Å². The number of methoxy groups -OCH3 is 1. The molecule has 20 heavy (non-hydrogen) atoms. The smallest absolute Gasteiger partial charge is 0.130 e. The van der Waals surface area contributed by atoms with Gasteiger partial charge in [-0.1, -0.05) is 12.1 Å². The van der Waals surface area contributed by atoms with Gasteiger partial charge < -0.3 is 15.2 Å². The molecule has 106 valence electrons. The number of aryl methyl sites for hydroxylation is 1. The van der Waals surface area contributed by atoms with E-state index >= 15 is 0 Å². The summed E-state index contributed by atoms with van der Waals surface area (Å²) < 4.78 is 11.1. The van der Waals surface area contributed by atoms with Crippen LogP contribution < -0.4 is 15.2 Å². The molecule has 0 bridgehead atoms. The summed E-state index contributed by atoms with van der Waals surface area (Å²) in [5.74, 6) is 1.49. The third-order valence-electron chi connectivity index (χ3n) is 3.19. The quantitative estimate of drug-likeness (QED) is 0.909. The zero-order valence-electron chi connectivity index (χ0n) is 12.1. The van der Waals surface area contributed by atoms with Crippen LogP contribution in [0.4, 0.5) is 0 Å². The Labute approximate surface area is 119 Å². The molecular formula is C16H20N2O2. The average molecular weight is 272 g/mol. The summed E-state index contributed by atoms with van der Waals surface area (Å²) in [6.45, 7) is 4.37. The van der Waals surface area contributed by atoms with Gasteiger partial charge in [-0.05, 0) is 31.5 Å². The van der Waals surface area contributed by atoms with Gasteiger partial charge in [-0.15, -0.1) is 0 Å². The van der Waals surface area contributed by atoms with Crippen molar-refractivity contribution in [2.75, 3.05) is 7.11 Å². The van der Waals surface area contributed by atoms with Gasteiger partial charge in [-0.3, -0.25) is 4.98 Å². The zero-order valence-corrected chi connectivity index (χ0v) is 12.1. The molecule has 1 atom stereocenters. The van der Waals surface area contributed by atoms with Gasteiger partial charge in [0.25, 0.3) is 0 Å². The first kappa shape index (κ1) is 14.3. The highest BCUT2D eigenvalue weighted by Crippen LogP contribution is 2.29. The molecule has 0 saturated carbocycles. The fraction of sp³-hybridized carbons (Fsp3) is 0.312. The summed E-state index contributed by atoms with van der Waals surface area (Å²) in [5, 5.41) is 0. The molecule has 0 radical (unpaired) electrons. The number of nitrogens with zero attached hydrogens (tertiary/aromatic N) is 1. The number of ether oxygens (including phenoxy) is 2. The largest absolute Gasteiger partial charge is 0.497 e. The minimum atomic E-state index is -0.0965. The van der Waals surface area contributed by atoms with Crippen molar-refractivity contribution in [2.24, 2.45) is 5.73 Å². The highest BCUT2D eigenvalue weighted by molar-refractivity contribution is 5.42. The number of pyridine rings is 1. The van der Waals surface area contributed by atoms with Gasteiger partial charge in [0.1, 0.15) is 18.1 Å². The van der Waals surface area contributed by atoms with Crippen molar-refractivity contribution in [2.45, 2.75) is 26.5 Å². The van der Waals surface area contributed by atoms with E-state index in [1.807, 2.05) is 44.2 Å². The van der Waals surface area contributed by atoms with Crippen LogP contribution in [0.1, 0.15) is 29.8 Å². The van der Waals surface area contributed by atoms with Crippen molar-refractivity contribution < 1.29 is 9.47 Å². The van der Waals surface area contributed by atoms with E-state index in [2.05, 4.69) is 4.98 Å². The standard InChI is InChI=1S/C16H20N2O2/c1-11-5-4-8-18-15(11)10-20-16-9-13(19-3)6-7-14(16)12(2)17/h4-9,12H,10,17H2,1-3H3/t12-/m0/s1. The number of rotatable bonds is 5. The van der Waals surface area contributed by atoms with Crippen LogP contribution in [0, 0.1) is 6.92 Å². The Morgan fingerprint density at radius 2 is 2.10 bits per heavy atom. The summed E-state index contributed by atoms with van der Waals surface area (Å²) >= 11 is 0. The molecule has 0 aliphatic rings. The maximum atomic E-state index is 5.97. The number of hydrogen-bond donors (Lipinski definition) is 1. The second-order valence-electron chi connectivity index (χ2n) is 4.75. The summed E-state index contributed by atoms with van der Waals surface area (Å²) in [5.41, 5.74) is 8.96. The van der Waals surface area contributed by atoms with Crippen LogP contribution >= 0.6 is 0 Å². The molecule has 2 N–H and O–H groups in total. The molecule has 0 amide bonds. The van der Waals surface area contributed by atoms with E-state index < -0.39 is 0 Å². The van der Waals surface area contributed by atoms with Gasteiger partial charge >= 0.3 is 0 Å². The molecule has 4 nitrogen and oxygen atoms in total. The third kappa shape index (κ3) is 3.27. The van der Waals surface area contributed by atoms with E-state index in [0.717, 1.165) is 28.3 Å². The van der Waals surface area contributed by atoms with Crippen LogP contribution in [-0.2, 0) is 6.61 Å². The Kier molecular flexibility index (Phi) is 4.58. The molecule has 2 aromatic rings. The number of aromatic nitrogens is 1. The van der Waals surface area contributed by atoms with Crippen LogP contribution in [0.15, 0.2) is 36.5 Å². The lowest BCUT2D eigenvalue weighted by molar-refractivity contribution is 0.293. The first-order chi connectivity index (χ1) is 9.61. The van der Waals surface area contributed by atoms with E-state index in [0.29, 0.717) is 6.61 Å². The molecule has 0 unspecified atom stereocenters. The SMILES string of the molecule is COc1ccc([C@H](C)N)c(OCc2ncccc2C)c1. The van der Waals surface area contributed by atoms with Crippen molar-refractivity contribution in [3.8, 4) is 11.5 Å². The lowest BCUT2D eigenvalue weighted by Gasteiger charge is -2.15. The van der Waals surface area contributed by atoms with E-state index in [9.17, 15) is 0 Å². The highest BCUT2D eigenvalue weighted by atomic mass is 16.5. The van der Waals surface area contributed by atoms with Gasteiger partial charge in [0, 0.05) is 23.9 Å². The predicted molar refractivity (Wildman–Crippen MR) is 78.9 cm³/mol. The second-order valence-corrected chi connectivity index (χ2v) is 4.75. The number of nitrogens with two attached hydrogens (primary N) is 1. The van der Waals surface area contributed by atoms with E-state index in [1.54, 1.807) is 13.3 Å². The Morgan fingerprint density at radius 1 is 1.30 bits per heavy atom. The molecule has 0 saturated heterocycles. The van der Waals surface area contributed by atoms with Gasteiger partial charge in [-0.25, -0.2) is 0 Å². The minimum Gasteiger partial charge on any atom is -0.497 e. The van der Waals surface area contributed by atoms with Crippen LogP contribution in [0.2, 0.25) is 0 Å². The summed E-state index contributed by atoms with van der Waals surface area (Å²) in [7, 11) is 1.63. The second kappa shape index (κ2) is 6.39. The topological polar surface area (TPSA) is 57.4 Å². The van der Waals surface area contributed by atoms with E-state index in [-0.39, 0.29) is 6.04 Å². The van der Waals surface area contributed by atoms with Crippen molar-refractivity contribution in [3.63, 3.8) is 0 Å². The highest BCUT2D eigenvalue weighted by Gasteiger charge is 2.10. The van der Waals surface area contributed by atoms with Crippen LogP contribution in [0.5, 0.6) is 11.5 Å². The van der Waals surface area contributed by atoms with Crippen molar-refractivity contribution in [1.29, 1.82) is 0 Å². The first-order valence-corrected chi connectivity index (χ1v) is 6.58. The summed E-state index contributed by atoms with van der Waals surface area (Å²) in [6.07, 6.45) is 1.77. The molecule has 0 aliphatic carbocycles. The lowest BCUT2D eigenvalue weighted by Crippen LogP contribution is -2.09. The number of benzene rings is 1. The summed E-state index contributed by atoms with van der Waals surface area (Å²) in [4.78, 5) is 4.32. The minimum absolute atomic E-state index is 0.0965. The normalized spacial score (nSPS) is 12.0. The maximum absolute atomic E-state index is 5.97. The summed E-state index contributed by atoms with van der Waals surface area (Å²) in [6, 6.07) is 9.51. The zero-order chi connectivity index (χ0) is 14.5. The van der Waals surface area contributed by atoms with Gasteiger partial charge in [0.05, 0.1) is 12.8 Å². The lowest BCUT2D eigenvalue weighted by atomic mass is 10.1. The van der Waals surface area contributed by atoms with Crippen LogP contribution in [0.25, 0.3) is 0 Å².